The smallest absolute Gasteiger partial charge is 0.255 e. The van der Waals surface area contributed by atoms with Gasteiger partial charge in [-0.05, 0) is 62.2 Å². The summed E-state index contributed by atoms with van der Waals surface area (Å²) in [6.07, 6.45) is 0. The first-order valence-electron chi connectivity index (χ1n) is 7.12. The quantitative estimate of drug-likeness (QED) is 0.719. The Morgan fingerprint density at radius 2 is 1.86 bits per heavy atom. The molecule has 0 saturated carbocycles. The van der Waals surface area contributed by atoms with Gasteiger partial charge in [0.15, 0.2) is 0 Å². The van der Waals surface area contributed by atoms with Gasteiger partial charge in [-0.3, -0.25) is 4.79 Å². The standard InChI is InChI=1S/C18H17FN2O/c1-10-4-6-17(15(19)8-10)21-18(22)13-5-7-16-14(9-13)11(2)12(3)20-16/h4-9,20H,1-3H3,(H,21,22). The highest BCUT2D eigenvalue weighted by Crippen LogP contribution is 2.23. The van der Waals surface area contributed by atoms with Crippen LogP contribution in [-0.2, 0) is 0 Å². The van der Waals surface area contributed by atoms with E-state index >= 15 is 0 Å². The van der Waals surface area contributed by atoms with Gasteiger partial charge < -0.3 is 10.3 Å². The number of rotatable bonds is 2. The molecular formula is C18H17FN2O. The highest BCUT2D eigenvalue weighted by Gasteiger charge is 2.12. The molecule has 0 aliphatic heterocycles. The van der Waals surface area contributed by atoms with Crippen LogP contribution in [0.2, 0.25) is 0 Å². The number of hydrogen-bond donors (Lipinski definition) is 2. The minimum atomic E-state index is -0.428. The van der Waals surface area contributed by atoms with Crippen molar-refractivity contribution in [3.05, 3.63) is 64.6 Å². The molecule has 0 radical (unpaired) electrons. The van der Waals surface area contributed by atoms with E-state index in [1.807, 2.05) is 26.0 Å². The molecule has 112 valence electrons. The van der Waals surface area contributed by atoms with Crippen molar-refractivity contribution in [2.24, 2.45) is 0 Å². The van der Waals surface area contributed by atoms with Gasteiger partial charge in [-0.15, -0.1) is 0 Å². The van der Waals surface area contributed by atoms with E-state index in [1.54, 1.807) is 25.1 Å². The third-order valence-electron chi connectivity index (χ3n) is 3.94. The molecule has 0 aliphatic rings. The van der Waals surface area contributed by atoms with Crippen LogP contribution in [0.4, 0.5) is 10.1 Å². The lowest BCUT2D eigenvalue weighted by Crippen LogP contribution is -2.13. The van der Waals surface area contributed by atoms with Gasteiger partial charge in [0.25, 0.3) is 5.91 Å². The zero-order chi connectivity index (χ0) is 15.9. The zero-order valence-corrected chi connectivity index (χ0v) is 12.8. The fourth-order valence-corrected chi connectivity index (χ4v) is 2.52. The second-order valence-corrected chi connectivity index (χ2v) is 5.57. The van der Waals surface area contributed by atoms with Crippen molar-refractivity contribution < 1.29 is 9.18 Å². The van der Waals surface area contributed by atoms with Crippen molar-refractivity contribution in [2.45, 2.75) is 20.8 Å². The van der Waals surface area contributed by atoms with Crippen LogP contribution in [0.3, 0.4) is 0 Å². The Morgan fingerprint density at radius 1 is 1.09 bits per heavy atom. The predicted octanol–water partition coefficient (Wildman–Crippen LogP) is 4.48. The lowest BCUT2D eigenvalue weighted by atomic mass is 10.1. The molecule has 4 heteroatoms. The minimum Gasteiger partial charge on any atom is -0.358 e. The van der Waals surface area contributed by atoms with E-state index in [-0.39, 0.29) is 11.6 Å². The number of aryl methyl sites for hydroxylation is 3. The van der Waals surface area contributed by atoms with Gasteiger partial charge in [-0.25, -0.2) is 4.39 Å². The van der Waals surface area contributed by atoms with Crippen LogP contribution < -0.4 is 5.32 Å². The number of hydrogen-bond acceptors (Lipinski definition) is 1. The van der Waals surface area contributed by atoms with Gasteiger partial charge in [0.05, 0.1) is 5.69 Å². The first-order valence-corrected chi connectivity index (χ1v) is 7.12. The molecule has 0 spiro atoms. The Hall–Kier alpha value is -2.62. The fourth-order valence-electron chi connectivity index (χ4n) is 2.52. The van der Waals surface area contributed by atoms with E-state index in [2.05, 4.69) is 10.3 Å². The molecule has 22 heavy (non-hydrogen) atoms. The second-order valence-electron chi connectivity index (χ2n) is 5.57. The number of benzene rings is 2. The van der Waals surface area contributed by atoms with Crippen molar-refractivity contribution in [1.82, 2.24) is 4.98 Å². The minimum absolute atomic E-state index is 0.192. The van der Waals surface area contributed by atoms with Crippen molar-refractivity contribution in [3.8, 4) is 0 Å². The van der Waals surface area contributed by atoms with E-state index in [0.717, 1.165) is 27.7 Å². The molecule has 0 fully saturated rings. The molecule has 2 aromatic carbocycles. The maximum atomic E-state index is 13.8. The first-order chi connectivity index (χ1) is 10.5. The highest BCUT2D eigenvalue weighted by atomic mass is 19.1. The summed E-state index contributed by atoms with van der Waals surface area (Å²) in [6, 6.07) is 10.2. The second kappa shape index (κ2) is 5.30. The van der Waals surface area contributed by atoms with Gasteiger partial charge in [-0.1, -0.05) is 6.07 Å². The molecule has 1 heterocycles. The number of amides is 1. The summed E-state index contributed by atoms with van der Waals surface area (Å²) in [5, 5.41) is 3.63. The van der Waals surface area contributed by atoms with E-state index < -0.39 is 5.82 Å². The molecule has 0 atom stereocenters. The fraction of sp³-hybridized carbons (Fsp3) is 0.167. The molecular weight excluding hydrogens is 279 g/mol. The summed E-state index contributed by atoms with van der Waals surface area (Å²) < 4.78 is 13.8. The van der Waals surface area contributed by atoms with E-state index in [4.69, 9.17) is 0 Å². The van der Waals surface area contributed by atoms with Crippen LogP contribution in [-0.4, -0.2) is 10.9 Å². The molecule has 1 aromatic heterocycles. The number of anilines is 1. The van der Waals surface area contributed by atoms with Gasteiger partial charge in [0.2, 0.25) is 0 Å². The number of carbonyl (C=O) groups is 1. The summed E-state index contributed by atoms with van der Waals surface area (Å²) in [5.41, 5.74) is 4.71. The van der Waals surface area contributed by atoms with Gasteiger partial charge >= 0.3 is 0 Å². The highest BCUT2D eigenvalue weighted by molar-refractivity contribution is 6.06. The van der Waals surface area contributed by atoms with Gasteiger partial charge in [0, 0.05) is 22.2 Å². The summed E-state index contributed by atoms with van der Waals surface area (Å²) >= 11 is 0. The summed E-state index contributed by atoms with van der Waals surface area (Å²) in [7, 11) is 0. The Labute approximate surface area is 128 Å². The maximum Gasteiger partial charge on any atom is 0.255 e. The van der Waals surface area contributed by atoms with Crippen molar-refractivity contribution >= 4 is 22.5 Å². The molecule has 0 unspecified atom stereocenters. The molecule has 3 aromatic rings. The van der Waals surface area contributed by atoms with Crippen molar-refractivity contribution in [3.63, 3.8) is 0 Å². The van der Waals surface area contributed by atoms with Crippen LogP contribution in [0.5, 0.6) is 0 Å². The first kappa shape index (κ1) is 14.3. The predicted molar refractivity (Wildman–Crippen MR) is 86.9 cm³/mol. The van der Waals surface area contributed by atoms with Crippen LogP contribution in [0, 0.1) is 26.6 Å². The van der Waals surface area contributed by atoms with E-state index in [0.29, 0.717) is 5.56 Å². The summed E-state index contributed by atoms with van der Waals surface area (Å²) in [4.78, 5) is 15.6. The monoisotopic (exact) mass is 296 g/mol. The number of aromatic amines is 1. The Bertz CT molecular complexity index is 880. The molecule has 0 aliphatic carbocycles. The number of fused-ring (bicyclic) bond motifs is 1. The lowest BCUT2D eigenvalue weighted by Gasteiger charge is -2.07. The lowest BCUT2D eigenvalue weighted by molar-refractivity contribution is 0.102. The van der Waals surface area contributed by atoms with Gasteiger partial charge in [-0.2, -0.15) is 0 Å². The molecule has 3 nitrogen and oxygen atoms in total. The Balaban J connectivity index is 1.93. The Morgan fingerprint density at radius 3 is 2.59 bits per heavy atom. The SMILES string of the molecule is Cc1ccc(NC(=O)c2ccc3[nH]c(C)c(C)c3c2)c(F)c1. The normalized spacial score (nSPS) is 10.9. The van der Waals surface area contributed by atoms with E-state index in [1.165, 1.54) is 6.07 Å². The van der Waals surface area contributed by atoms with Crippen LogP contribution >= 0.6 is 0 Å². The average molecular weight is 296 g/mol. The maximum absolute atomic E-state index is 13.8. The molecule has 0 bridgehead atoms. The number of halogens is 1. The van der Waals surface area contributed by atoms with Crippen LogP contribution in [0.1, 0.15) is 27.2 Å². The average Bonchev–Trinajstić information content (AvgIpc) is 2.77. The topological polar surface area (TPSA) is 44.9 Å². The molecule has 3 rings (SSSR count). The Kier molecular flexibility index (Phi) is 3.45. The number of H-pyrrole nitrogens is 1. The van der Waals surface area contributed by atoms with Crippen molar-refractivity contribution in [1.29, 1.82) is 0 Å². The van der Waals surface area contributed by atoms with Crippen LogP contribution in [0.15, 0.2) is 36.4 Å². The van der Waals surface area contributed by atoms with Crippen LogP contribution in [0.25, 0.3) is 10.9 Å². The largest absolute Gasteiger partial charge is 0.358 e. The number of aromatic nitrogens is 1. The van der Waals surface area contributed by atoms with Crippen molar-refractivity contribution in [2.75, 3.05) is 5.32 Å². The summed E-state index contributed by atoms with van der Waals surface area (Å²) in [5.74, 6) is -0.744. The number of carbonyl (C=O) groups excluding carboxylic acids is 1. The van der Waals surface area contributed by atoms with Gasteiger partial charge in [0.1, 0.15) is 5.82 Å². The molecule has 1 amide bonds. The third-order valence-corrected chi connectivity index (χ3v) is 3.94. The summed E-state index contributed by atoms with van der Waals surface area (Å²) in [6.45, 7) is 5.81. The third kappa shape index (κ3) is 2.48. The number of nitrogens with one attached hydrogen (secondary N) is 2. The zero-order valence-electron chi connectivity index (χ0n) is 12.8. The molecule has 0 saturated heterocycles. The van der Waals surface area contributed by atoms with E-state index in [9.17, 15) is 9.18 Å². The molecule has 2 N–H and O–H groups in total.